The van der Waals surface area contributed by atoms with Gasteiger partial charge in [-0.2, -0.15) is 5.10 Å². The Bertz CT molecular complexity index is 1120. The van der Waals surface area contributed by atoms with Crippen molar-refractivity contribution in [2.24, 2.45) is 0 Å². The number of nitrogens with one attached hydrogen (secondary N) is 1. The molecule has 0 bridgehead atoms. The summed E-state index contributed by atoms with van der Waals surface area (Å²) < 4.78 is 42.1. The van der Waals surface area contributed by atoms with Crippen LogP contribution in [0.4, 0.5) is 13.2 Å². The first kappa shape index (κ1) is 13.6. The highest BCUT2D eigenvalue weighted by molar-refractivity contribution is 5.82. The average Bonchev–Trinajstić information content (AvgIpc) is 2.97. The molecule has 23 heavy (non-hydrogen) atoms. The Hall–Kier alpha value is -3.09. The van der Waals surface area contributed by atoms with Crippen molar-refractivity contribution in [2.75, 3.05) is 0 Å². The second-order valence-electron chi connectivity index (χ2n) is 5.03. The van der Waals surface area contributed by atoms with E-state index in [1.807, 2.05) is 6.07 Å². The highest BCUT2D eigenvalue weighted by Crippen LogP contribution is 2.24. The van der Waals surface area contributed by atoms with Crippen molar-refractivity contribution in [3.63, 3.8) is 0 Å². The molecule has 114 valence electrons. The fourth-order valence-electron chi connectivity index (χ4n) is 2.54. The lowest BCUT2D eigenvalue weighted by Crippen LogP contribution is -2.12. The number of rotatable bonds is 1. The average molecular weight is 315 g/mol. The molecule has 0 radical (unpaired) electrons. The Balaban J connectivity index is 2.15. The van der Waals surface area contributed by atoms with Gasteiger partial charge in [-0.15, -0.1) is 0 Å². The summed E-state index contributed by atoms with van der Waals surface area (Å²) in [5.74, 6) is -4.50. The van der Waals surface area contributed by atoms with Crippen LogP contribution in [0.2, 0.25) is 0 Å². The summed E-state index contributed by atoms with van der Waals surface area (Å²) in [7, 11) is 0. The zero-order valence-corrected chi connectivity index (χ0v) is 11.5. The summed E-state index contributed by atoms with van der Waals surface area (Å²) in [5, 5.41) is 3.89. The summed E-state index contributed by atoms with van der Waals surface area (Å²) in [4.78, 5) is 14.5. The molecule has 0 saturated carbocycles. The second kappa shape index (κ2) is 4.70. The molecule has 2 heterocycles. The summed E-state index contributed by atoms with van der Waals surface area (Å²) in [6, 6.07) is 11.2. The maximum absolute atomic E-state index is 14.2. The summed E-state index contributed by atoms with van der Waals surface area (Å²) >= 11 is 0. The number of hydrogen-bond acceptors (Lipinski definition) is 2. The fraction of sp³-hybridized carbons (Fsp3) is 0. The Kier molecular flexibility index (Phi) is 2.77. The first-order valence-corrected chi connectivity index (χ1v) is 6.71. The van der Waals surface area contributed by atoms with Gasteiger partial charge in [0.2, 0.25) is 0 Å². The van der Waals surface area contributed by atoms with E-state index in [0.29, 0.717) is 11.8 Å². The minimum Gasteiger partial charge on any atom is -0.306 e. The van der Waals surface area contributed by atoms with Crippen LogP contribution in [-0.2, 0) is 0 Å². The topological polar surface area (TPSA) is 50.2 Å². The zero-order chi connectivity index (χ0) is 16.1. The first-order chi connectivity index (χ1) is 11.1. The van der Waals surface area contributed by atoms with Crippen LogP contribution in [0.25, 0.3) is 27.8 Å². The number of benzene rings is 2. The Morgan fingerprint density at radius 1 is 1.00 bits per heavy atom. The van der Waals surface area contributed by atoms with Crippen LogP contribution in [0.5, 0.6) is 0 Å². The van der Waals surface area contributed by atoms with Crippen LogP contribution < -0.4 is 5.56 Å². The van der Waals surface area contributed by atoms with Crippen molar-refractivity contribution in [3.8, 4) is 11.3 Å². The molecule has 0 amide bonds. The molecule has 0 unspecified atom stereocenters. The van der Waals surface area contributed by atoms with Crippen molar-refractivity contribution in [1.82, 2.24) is 14.6 Å². The number of aromatic nitrogens is 3. The molecular weight excluding hydrogens is 307 g/mol. The molecular formula is C16H8F3N3O. The molecule has 2 aromatic carbocycles. The van der Waals surface area contributed by atoms with Gasteiger partial charge in [-0.25, -0.2) is 17.7 Å². The highest BCUT2D eigenvalue weighted by atomic mass is 19.2. The van der Waals surface area contributed by atoms with E-state index in [1.165, 1.54) is 6.07 Å². The molecule has 0 fully saturated rings. The van der Waals surface area contributed by atoms with Gasteiger partial charge in [-0.3, -0.25) is 4.79 Å². The number of aromatic amines is 1. The van der Waals surface area contributed by atoms with Gasteiger partial charge in [0.15, 0.2) is 17.5 Å². The van der Waals surface area contributed by atoms with Crippen LogP contribution in [0.3, 0.4) is 0 Å². The van der Waals surface area contributed by atoms with E-state index in [-0.39, 0.29) is 11.0 Å². The Morgan fingerprint density at radius 2 is 1.74 bits per heavy atom. The van der Waals surface area contributed by atoms with Crippen LogP contribution in [0.1, 0.15) is 0 Å². The molecule has 4 rings (SSSR count). The summed E-state index contributed by atoms with van der Waals surface area (Å²) in [5.41, 5.74) is 0.284. The van der Waals surface area contributed by atoms with Crippen molar-refractivity contribution >= 4 is 16.6 Å². The lowest BCUT2D eigenvalue weighted by molar-refractivity contribution is 0.451. The van der Waals surface area contributed by atoms with Gasteiger partial charge in [0.1, 0.15) is 11.2 Å². The smallest absolute Gasteiger partial charge is 0.259 e. The van der Waals surface area contributed by atoms with Gasteiger partial charge >= 0.3 is 0 Å². The van der Waals surface area contributed by atoms with Crippen molar-refractivity contribution in [2.45, 2.75) is 0 Å². The van der Waals surface area contributed by atoms with E-state index in [2.05, 4.69) is 10.1 Å². The van der Waals surface area contributed by atoms with E-state index in [4.69, 9.17) is 0 Å². The maximum Gasteiger partial charge on any atom is 0.259 e. The van der Waals surface area contributed by atoms with Crippen LogP contribution >= 0.6 is 0 Å². The molecule has 0 atom stereocenters. The number of H-pyrrole nitrogens is 1. The Labute approximate surface area is 126 Å². The van der Waals surface area contributed by atoms with E-state index in [0.717, 1.165) is 10.1 Å². The molecule has 0 aliphatic heterocycles. The van der Waals surface area contributed by atoms with Gasteiger partial charge in [0.05, 0.1) is 11.1 Å². The molecule has 0 aliphatic rings. The standard InChI is InChI=1S/C16H8F3N3O/c17-10-6-9-15(14(19)13(10)18)22-12(20-16(9)23)7-11(21-22)8-4-2-1-3-5-8/h1-7H,(H,20,23). The van der Waals surface area contributed by atoms with Crippen molar-refractivity contribution in [1.29, 1.82) is 0 Å². The molecule has 2 aromatic heterocycles. The quantitative estimate of drug-likeness (QED) is 0.548. The largest absolute Gasteiger partial charge is 0.306 e. The van der Waals surface area contributed by atoms with Gasteiger partial charge in [0, 0.05) is 11.6 Å². The molecule has 0 saturated heterocycles. The lowest BCUT2D eigenvalue weighted by atomic mass is 10.2. The third-order valence-corrected chi connectivity index (χ3v) is 3.61. The number of halogens is 3. The van der Waals surface area contributed by atoms with E-state index in [9.17, 15) is 18.0 Å². The minimum absolute atomic E-state index is 0.186. The van der Waals surface area contributed by atoms with E-state index in [1.54, 1.807) is 24.3 Å². The fourth-order valence-corrected chi connectivity index (χ4v) is 2.54. The molecule has 0 aliphatic carbocycles. The zero-order valence-electron chi connectivity index (χ0n) is 11.5. The van der Waals surface area contributed by atoms with E-state index < -0.39 is 28.5 Å². The van der Waals surface area contributed by atoms with Gasteiger partial charge in [-0.1, -0.05) is 30.3 Å². The van der Waals surface area contributed by atoms with Crippen LogP contribution in [-0.4, -0.2) is 14.6 Å². The second-order valence-corrected chi connectivity index (χ2v) is 5.03. The SMILES string of the molecule is O=c1[nH]c2cc(-c3ccccc3)nn2c2c(F)c(F)c(F)cc12. The van der Waals surface area contributed by atoms with Crippen molar-refractivity contribution in [3.05, 3.63) is 70.3 Å². The van der Waals surface area contributed by atoms with E-state index >= 15 is 0 Å². The summed E-state index contributed by atoms with van der Waals surface area (Å²) in [6.45, 7) is 0. The van der Waals surface area contributed by atoms with Gasteiger partial charge < -0.3 is 4.98 Å². The predicted molar refractivity (Wildman–Crippen MR) is 78.6 cm³/mol. The molecule has 4 nitrogen and oxygen atoms in total. The minimum atomic E-state index is -1.64. The van der Waals surface area contributed by atoms with Gasteiger partial charge in [-0.05, 0) is 6.07 Å². The molecule has 0 spiro atoms. The van der Waals surface area contributed by atoms with Crippen LogP contribution in [0.15, 0.2) is 47.3 Å². The van der Waals surface area contributed by atoms with Crippen molar-refractivity contribution < 1.29 is 13.2 Å². The summed E-state index contributed by atoms with van der Waals surface area (Å²) in [6.07, 6.45) is 0. The first-order valence-electron chi connectivity index (χ1n) is 6.71. The number of fused-ring (bicyclic) bond motifs is 3. The normalized spacial score (nSPS) is 11.4. The third-order valence-electron chi connectivity index (χ3n) is 3.61. The number of hydrogen-bond donors (Lipinski definition) is 1. The molecule has 1 N–H and O–H groups in total. The monoisotopic (exact) mass is 315 g/mol. The molecule has 7 heteroatoms. The lowest BCUT2D eigenvalue weighted by Gasteiger charge is -2.04. The third kappa shape index (κ3) is 1.93. The van der Waals surface area contributed by atoms with Gasteiger partial charge in [0.25, 0.3) is 5.56 Å². The predicted octanol–water partition coefficient (Wildman–Crippen LogP) is 3.26. The van der Waals surface area contributed by atoms with Crippen LogP contribution in [0, 0.1) is 17.5 Å². The highest BCUT2D eigenvalue weighted by Gasteiger charge is 2.19. The Morgan fingerprint density at radius 3 is 2.48 bits per heavy atom. The maximum atomic E-state index is 14.2. The molecule has 4 aromatic rings. The number of nitrogens with zero attached hydrogens (tertiary/aromatic N) is 2.